The zero-order chi connectivity index (χ0) is 24.6. The van der Waals surface area contributed by atoms with E-state index in [1.807, 2.05) is 18.2 Å². The van der Waals surface area contributed by atoms with Crippen molar-refractivity contribution >= 4 is 22.9 Å². The molecule has 0 saturated carbocycles. The lowest BCUT2D eigenvalue weighted by Gasteiger charge is -2.26. The summed E-state index contributed by atoms with van der Waals surface area (Å²) < 4.78 is 0. The van der Waals surface area contributed by atoms with Crippen molar-refractivity contribution in [1.29, 1.82) is 0 Å². The first-order valence-electron chi connectivity index (χ1n) is 12.7. The van der Waals surface area contributed by atoms with Gasteiger partial charge in [0.15, 0.2) is 5.84 Å². The fraction of sp³-hybridized carbons (Fsp3) is 0.290. The second-order valence-electron chi connectivity index (χ2n) is 9.18. The average molecular weight is 465 g/mol. The molecule has 2 N–H and O–H groups in total. The van der Waals surface area contributed by atoms with Gasteiger partial charge in [-0.15, -0.1) is 0 Å². The summed E-state index contributed by atoms with van der Waals surface area (Å²) in [6.07, 6.45) is 2.18. The first-order chi connectivity index (χ1) is 17.1. The van der Waals surface area contributed by atoms with Gasteiger partial charge in [-0.2, -0.15) is 0 Å². The standard InChI is InChI=1S/C31H36N4/c1-5-20-32-23(4)24-16-18-28(19-17-24)34-30(22(3)6-2)26-14-12-25(13-15-26)29-21-33-31(35-29)27-10-8-7-9-11-27/h7-19,22,30,32,34H,4-6,20-21H2,1-3H3. The lowest BCUT2D eigenvalue weighted by atomic mass is 9.91. The molecular formula is C31H36N4. The fourth-order valence-corrected chi connectivity index (χ4v) is 4.25. The van der Waals surface area contributed by atoms with Crippen LogP contribution < -0.4 is 10.6 Å². The van der Waals surface area contributed by atoms with Crippen LogP contribution in [0.5, 0.6) is 0 Å². The van der Waals surface area contributed by atoms with Crippen molar-refractivity contribution < 1.29 is 0 Å². The van der Waals surface area contributed by atoms with Crippen LogP contribution >= 0.6 is 0 Å². The molecule has 2 atom stereocenters. The SMILES string of the molecule is C=C(NCCC)c1ccc(NC(c2ccc(C3=NC(c4ccccc4)=NC3)cc2)C(C)CC)cc1. The molecule has 4 rings (SSSR count). The van der Waals surface area contributed by atoms with Crippen LogP contribution in [-0.4, -0.2) is 24.6 Å². The van der Waals surface area contributed by atoms with Crippen LogP contribution in [0.2, 0.25) is 0 Å². The van der Waals surface area contributed by atoms with Gasteiger partial charge in [0.2, 0.25) is 0 Å². The Balaban J connectivity index is 1.47. The van der Waals surface area contributed by atoms with Crippen molar-refractivity contribution in [2.45, 2.75) is 39.7 Å². The summed E-state index contributed by atoms with van der Waals surface area (Å²) in [7, 11) is 0. The Kier molecular flexibility index (Phi) is 8.15. The van der Waals surface area contributed by atoms with E-state index in [1.54, 1.807) is 0 Å². The number of anilines is 1. The molecule has 4 heteroatoms. The molecule has 0 aliphatic carbocycles. The van der Waals surface area contributed by atoms with E-state index < -0.39 is 0 Å². The Labute approximate surface area is 209 Å². The maximum Gasteiger partial charge on any atom is 0.155 e. The van der Waals surface area contributed by atoms with Crippen molar-refractivity contribution in [2.75, 3.05) is 18.4 Å². The van der Waals surface area contributed by atoms with Crippen LogP contribution in [0.1, 0.15) is 61.9 Å². The van der Waals surface area contributed by atoms with Gasteiger partial charge in [-0.05, 0) is 41.2 Å². The topological polar surface area (TPSA) is 48.8 Å². The Bertz CT molecular complexity index is 1170. The highest BCUT2D eigenvalue weighted by atomic mass is 15.0. The molecule has 0 amide bonds. The molecule has 180 valence electrons. The number of rotatable bonds is 11. The van der Waals surface area contributed by atoms with Crippen LogP contribution in [0.3, 0.4) is 0 Å². The zero-order valence-electron chi connectivity index (χ0n) is 21.1. The Hall–Kier alpha value is -3.66. The number of amidine groups is 1. The summed E-state index contributed by atoms with van der Waals surface area (Å²) in [6.45, 7) is 12.4. The van der Waals surface area contributed by atoms with Gasteiger partial charge >= 0.3 is 0 Å². The van der Waals surface area contributed by atoms with Gasteiger partial charge in [-0.3, -0.25) is 4.99 Å². The number of nitrogens with one attached hydrogen (secondary N) is 2. The Morgan fingerprint density at radius 3 is 2.29 bits per heavy atom. The molecule has 0 fully saturated rings. The monoisotopic (exact) mass is 464 g/mol. The highest BCUT2D eigenvalue weighted by Gasteiger charge is 2.19. The average Bonchev–Trinajstić information content (AvgIpc) is 3.41. The van der Waals surface area contributed by atoms with E-state index >= 15 is 0 Å². The second kappa shape index (κ2) is 11.7. The zero-order valence-corrected chi connectivity index (χ0v) is 21.1. The second-order valence-corrected chi connectivity index (χ2v) is 9.18. The van der Waals surface area contributed by atoms with E-state index in [0.29, 0.717) is 12.5 Å². The van der Waals surface area contributed by atoms with E-state index in [-0.39, 0.29) is 6.04 Å². The van der Waals surface area contributed by atoms with Gasteiger partial charge in [0.1, 0.15) is 0 Å². The number of hydrogen-bond donors (Lipinski definition) is 2. The molecule has 1 aliphatic heterocycles. The fourth-order valence-electron chi connectivity index (χ4n) is 4.25. The molecule has 35 heavy (non-hydrogen) atoms. The van der Waals surface area contributed by atoms with Crippen molar-refractivity contribution in [3.8, 4) is 0 Å². The molecule has 0 spiro atoms. The molecule has 1 heterocycles. The summed E-state index contributed by atoms with van der Waals surface area (Å²) in [5.41, 5.74) is 7.72. The Morgan fingerprint density at radius 2 is 1.63 bits per heavy atom. The summed E-state index contributed by atoms with van der Waals surface area (Å²) in [5, 5.41) is 7.14. The number of hydrogen-bond acceptors (Lipinski definition) is 4. The predicted octanol–water partition coefficient (Wildman–Crippen LogP) is 7.11. The minimum Gasteiger partial charge on any atom is -0.385 e. The van der Waals surface area contributed by atoms with Crippen LogP contribution in [0.25, 0.3) is 5.70 Å². The molecule has 0 radical (unpaired) electrons. The van der Waals surface area contributed by atoms with Crippen molar-refractivity contribution in [3.63, 3.8) is 0 Å². The van der Waals surface area contributed by atoms with E-state index in [4.69, 9.17) is 4.99 Å². The van der Waals surface area contributed by atoms with Crippen molar-refractivity contribution in [1.82, 2.24) is 5.32 Å². The van der Waals surface area contributed by atoms with Gasteiger partial charge in [0.05, 0.1) is 18.3 Å². The molecule has 0 bridgehead atoms. The highest BCUT2D eigenvalue weighted by Crippen LogP contribution is 2.30. The Morgan fingerprint density at radius 1 is 0.914 bits per heavy atom. The third kappa shape index (κ3) is 6.07. The van der Waals surface area contributed by atoms with Crippen LogP contribution in [-0.2, 0) is 0 Å². The first-order valence-corrected chi connectivity index (χ1v) is 12.7. The van der Waals surface area contributed by atoms with Gasteiger partial charge in [-0.25, -0.2) is 4.99 Å². The number of nitrogens with zero attached hydrogens (tertiary/aromatic N) is 2. The molecule has 3 aromatic carbocycles. The smallest absolute Gasteiger partial charge is 0.155 e. The lowest BCUT2D eigenvalue weighted by molar-refractivity contribution is 0.482. The van der Waals surface area contributed by atoms with Gasteiger partial charge in [0.25, 0.3) is 0 Å². The van der Waals surface area contributed by atoms with Crippen LogP contribution in [0, 0.1) is 5.92 Å². The third-order valence-corrected chi connectivity index (χ3v) is 6.61. The molecule has 0 aromatic heterocycles. The summed E-state index contributed by atoms with van der Waals surface area (Å²) in [5.74, 6) is 1.30. The maximum absolute atomic E-state index is 4.80. The van der Waals surface area contributed by atoms with Crippen LogP contribution in [0.4, 0.5) is 5.69 Å². The molecule has 3 aromatic rings. The predicted molar refractivity (Wildman–Crippen MR) is 150 cm³/mol. The number of aliphatic imine (C=N–C) groups is 2. The minimum absolute atomic E-state index is 0.225. The van der Waals surface area contributed by atoms with Gasteiger partial charge < -0.3 is 10.6 Å². The molecule has 1 aliphatic rings. The van der Waals surface area contributed by atoms with Gasteiger partial charge in [-0.1, -0.05) is 101 Å². The van der Waals surface area contributed by atoms with Crippen molar-refractivity contribution in [3.05, 3.63) is 108 Å². The quantitative estimate of drug-likeness (QED) is 0.318. The van der Waals surface area contributed by atoms with E-state index in [0.717, 1.165) is 59.0 Å². The summed E-state index contributed by atoms with van der Waals surface area (Å²) in [6, 6.07) is 27.8. The van der Waals surface area contributed by atoms with E-state index in [1.165, 1.54) is 5.56 Å². The van der Waals surface area contributed by atoms with E-state index in [2.05, 4.69) is 104 Å². The van der Waals surface area contributed by atoms with E-state index in [9.17, 15) is 0 Å². The number of benzene rings is 3. The van der Waals surface area contributed by atoms with Gasteiger partial charge in [0, 0.05) is 23.5 Å². The lowest BCUT2D eigenvalue weighted by Crippen LogP contribution is -2.19. The van der Waals surface area contributed by atoms with Crippen molar-refractivity contribution in [2.24, 2.45) is 15.9 Å². The summed E-state index contributed by atoms with van der Waals surface area (Å²) >= 11 is 0. The third-order valence-electron chi connectivity index (χ3n) is 6.61. The highest BCUT2D eigenvalue weighted by molar-refractivity contribution is 6.17. The summed E-state index contributed by atoms with van der Waals surface area (Å²) in [4.78, 5) is 9.45. The first kappa shape index (κ1) is 24.5. The maximum atomic E-state index is 4.80. The molecule has 2 unspecified atom stereocenters. The minimum atomic E-state index is 0.225. The molecule has 4 nitrogen and oxygen atoms in total. The normalized spacial score (nSPS) is 14.6. The largest absolute Gasteiger partial charge is 0.385 e. The molecular weight excluding hydrogens is 428 g/mol. The molecule has 0 saturated heterocycles. The van der Waals surface area contributed by atoms with Crippen LogP contribution in [0.15, 0.2) is 95.4 Å².